The molecule has 3 N–H and O–H groups in total. The van der Waals surface area contributed by atoms with E-state index >= 15 is 0 Å². The largest absolute Gasteiger partial charge is 0.374 e. The molecule has 0 aromatic heterocycles. The fourth-order valence-electron chi connectivity index (χ4n) is 2.51. The van der Waals surface area contributed by atoms with Crippen LogP contribution in [0, 0.1) is 5.82 Å². The first kappa shape index (κ1) is 19.4. The van der Waals surface area contributed by atoms with Crippen LogP contribution in [0.4, 0.5) is 21.5 Å². The summed E-state index contributed by atoms with van der Waals surface area (Å²) in [5.41, 5.74) is 1.44. The molecule has 0 radical (unpaired) electrons. The van der Waals surface area contributed by atoms with E-state index in [2.05, 4.69) is 16.0 Å². The third-order valence-electron chi connectivity index (χ3n) is 3.85. The Morgan fingerprint density at radius 2 is 1.57 bits per heavy atom. The normalized spacial score (nSPS) is 10.2. The second-order valence-corrected chi connectivity index (χ2v) is 6.33. The van der Waals surface area contributed by atoms with Gasteiger partial charge >= 0.3 is 0 Å². The Morgan fingerprint density at radius 3 is 2.36 bits per heavy atom. The van der Waals surface area contributed by atoms with Gasteiger partial charge in [-0.15, -0.1) is 0 Å². The molecule has 0 heterocycles. The zero-order chi connectivity index (χ0) is 19.9. The van der Waals surface area contributed by atoms with Gasteiger partial charge in [0, 0.05) is 10.7 Å². The first-order chi connectivity index (χ1) is 13.5. The van der Waals surface area contributed by atoms with E-state index in [0.29, 0.717) is 22.0 Å². The lowest BCUT2D eigenvalue weighted by molar-refractivity contribution is -0.114. The number of halogens is 2. The van der Waals surface area contributed by atoms with Gasteiger partial charge in [0.05, 0.1) is 23.5 Å². The lowest BCUT2D eigenvalue weighted by atomic mass is 10.1. The minimum absolute atomic E-state index is 0.123. The number of rotatable bonds is 6. The average molecular weight is 398 g/mol. The summed E-state index contributed by atoms with van der Waals surface area (Å²) in [4.78, 5) is 24.8. The van der Waals surface area contributed by atoms with Crippen molar-refractivity contribution in [1.82, 2.24) is 0 Å². The molecule has 0 atom stereocenters. The van der Waals surface area contributed by atoms with Crippen LogP contribution in [0.5, 0.6) is 0 Å². The second kappa shape index (κ2) is 9.01. The molecule has 0 spiro atoms. The minimum Gasteiger partial charge on any atom is -0.374 e. The first-order valence-electron chi connectivity index (χ1n) is 8.47. The number of benzene rings is 3. The van der Waals surface area contributed by atoms with Crippen molar-refractivity contribution in [3.05, 3.63) is 89.2 Å². The zero-order valence-electron chi connectivity index (χ0n) is 14.7. The number of nitrogens with one attached hydrogen (secondary N) is 3. The Labute approximate surface area is 166 Å². The van der Waals surface area contributed by atoms with Crippen molar-refractivity contribution in [2.45, 2.75) is 0 Å². The summed E-state index contributed by atoms with van der Waals surface area (Å²) in [5, 5.41) is 8.48. The highest BCUT2D eigenvalue weighted by Crippen LogP contribution is 2.20. The van der Waals surface area contributed by atoms with Crippen molar-refractivity contribution in [2.75, 3.05) is 22.5 Å². The van der Waals surface area contributed by atoms with E-state index < -0.39 is 11.7 Å². The monoisotopic (exact) mass is 397 g/mol. The summed E-state index contributed by atoms with van der Waals surface area (Å²) in [6.07, 6.45) is 0. The molecule has 2 amide bonds. The maximum atomic E-state index is 13.7. The molecule has 0 bridgehead atoms. The van der Waals surface area contributed by atoms with Gasteiger partial charge in [0.2, 0.25) is 5.91 Å². The van der Waals surface area contributed by atoms with Crippen molar-refractivity contribution >= 4 is 40.5 Å². The van der Waals surface area contributed by atoms with E-state index in [1.807, 2.05) is 18.2 Å². The van der Waals surface area contributed by atoms with E-state index in [9.17, 15) is 14.0 Å². The molecule has 0 aliphatic carbocycles. The molecule has 0 fully saturated rings. The third-order valence-corrected chi connectivity index (χ3v) is 4.08. The summed E-state index contributed by atoms with van der Waals surface area (Å²) in [5.74, 6) is -1.30. The number of hydrogen-bond donors (Lipinski definition) is 3. The van der Waals surface area contributed by atoms with Gasteiger partial charge < -0.3 is 16.0 Å². The quantitative estimate of drug-likeness (QED) is 0.560. The molecule has 0 saturated heterocycles. The van der Waals surface area contributed by atoms with Crippen LogP contribution in [0.1, 0.15) is 10.4 Å². The van der Waals surface area contributed by atoms with Gasteiger partial charge in [-0.2, -0.15) is 0 Å². The molecule has 3 aromatic carbocycles. The highest BCUT2D eigenvalue weighted by Gasteiger charge is 2.14. The van der Waals surface area contributed by atoms with Crippen molar-refractivity contribution in [3.8, 4) is 0 Å². The van der Waals surface area contributed by atoms with E-state index in [-0.39, 0.29) is 18.1 Å². The average Bonchev–Trinajstić information content (AvgIpc) is 2.70. The van der Waals surface area contributed by atoms with Crippen LogP contribution in [0.2, 0.25) is 5.02 Å². The Balaban J connectivity index is 1.66. The van der Waals surface area contributed by atoms with E-state index in [1.165, 1.54) is 18.2 Å². The van der Waals surface area contributed by atoms with Crippen LogP contribution >= 0.6 is 11.6 Å². The highest BCUT2D eigenvalue weighted by molar-refractivity contribution is 6.30. The van der Waals surface area contributed by atoms with Gasteiger partial charge in [0.25, 0.3) is 5.91 Å². The number of carbonyl (C=O) groups is 2. The molecule has 7 heteroatoms. The van der Waals surface area contributed by atoms with Crippen LogP contribution in [-0.2, 0) is 4.79 Å². The van der Waals surface area contributed by atoms with E-state index in [4.69, 9.17) is 11.6 Å². The molecule has 3 aromatic rings. The SMILES string of the molecule is O=C(CNc1cc(Cl)ccc1F)Nc1ccccc1C(=O)Nc1ccccc1. The van der Waals surface area contributed by atoms with Gasteiger partial charge in [0.15, 0.2) is 0 Å². The topological polar surface area (TPSA) is 70.2 Å². The third kappa shape index (κ3) is 5.08. The number of carbonyl (C=O) groups excluding carboxylic acids is 2. The molecule has 142 valence electrons. The van der Waals surface area contributed by atoms with Crippen molar-refractivity contribution < 1.29 is 14.0 Å². The zero-order valence-corrected chi connectivity index (χ0v) is 15.5. The molecule has 5 nitrogen and oxygen atoms in total. The van der Waals surface area contributed by atoms with Gasteiger partial charge in [-0.05, 0) is 42.5 Å². The predicted molar refractivity (Wildman–Crippen MR) is 109 cm³/mol. The molecular weight excluding hydrogens is 381 g/mol. The maximum absolute atomic E-state index is 13.7. The maximum Gasteiger partial charge on any atom is 0.257 e. The molecule has 0 saturated carbocycles. The number of anilines is 3. The number of hydrogen-bond acceptors (Lipinski definition) is 3. The first-order valence-corrected chi connectivity index (χ1v) is 8.85. The summed E-state index contributed by atoms with van der Waals surface area (Å²) in [6, 6.07) is 19.7. The van der Waals surface area contributed by atoms with Crippen molar-refractivity contribution in [1.29, 1.82) is 0 Å². The lowest BCUT2D eigenvalue weighted by Gasteiger charge is -2.12. The lowest BCUT2D eigenvalue weighted by Crippen LogP contribution is -2.24. The van der Waals surface area contributed by atoms with E-state index in [0.717, 1.165) is 0 Å². The van der Waals surface area contributed by atoms with Crippen molar-refractivity contribution in [3.63, 3.8) is 0 Å². The summed E-state index contributed by atoms with van der Waals surface area (Å²) in [7, 11) is 0. The van der Waals surface area contributed by atoms with Crippen molar-refractivity contribution in [2.24, 2.45) is 0 Å². The predicted octanol–water partition coefficient (Wildman–Crippen LogP) is 4.78. The fraction of sp³-hybridized carbons (Fsp3) is 0.0476. The minimum atomic E-state index is -0.514. The highest BCUT2D eigenvalue weighted by atomic mass is 35.5. The van der Waals surface area contributed by atoms with Gasteiger partial charge in [0.1, 0.15) is 5.82 Å². The number of para-hydroxylation sites is 2. The molecular formula is C21H17ClFN3O2. The summed E-state index contributed by atoms with van der Waals surface area (Å²) >= 11 is 5.83. The van der Waals surface area contributed by atoms with Crippen LogP contribution < -0.4 is 16.0 Å². The van der Waals surface area contributed by atoms with Gasteiger partial charge in [-0.25, -0.2) is 4.39 Å². The number of amides is 2. The van der Waals surface area contributed by atoms with Gasteiger partial charge in [-0.1, -0.05) is 41.9 Å². The molecule has 3 rings (SSSR count). The smallest absolute Gasteiger partial charge is 0.257 e. The van der Waals surface area contributed by atoms with Gasteiger partial charge in [-0.3, -0.25) is 9.59 Å². The second-order valence-electron chi connectivity index (χ2n) is 5.89. The molecule has 0 aliphatic rings. The standard InChI is InChI=1S/C21H17ClFN3O2/c22-14-10-11-17(23)19(12-14)24-13-20(27)26-18-9-5-4-8-16(18)21(28)25-15-6-2-1-3-7-15/h1-12,24H,13H2,(H,25,28)(H,26,27). The van der Waals surface area contributed by atoms with Crippen LogP contribution in [0.25, 0.3) is 0 Å². The molecule has 28 heavy (non-hydrogen) atoms. The summed E-state index contributed by atoms with van der Waals surface area (Å²) < 4.78 is 13.7. The fourth-order valence-corrected chi connectivity index (χ4v) is 2.69. The van der Waals surface area contributed by atoms with Crippen LogP contribution in [0.15, 0.2) is 72.8 Å². The van der Waals surface area contributed by atoms with E-state index in [1.54, 1.807) is 36.4 Å². The Bertz CT molecular complexity index is 996. The Morgan fingerprint density at radius 1 is 0.857 bits per heavy atom. The Kier molecular flexibility index (Phi) is 6.24. The molecule has 0 aliphatic heterocycles. The van der Waals surface area contributed by atoms with Crippen LogP contribution in [0.3, 0.4) is 0 Å². The molecule has 0 unspecified atom stereocenters. The van der Waals surface area contributed by atoms with Crippen LogP contribution in [-0.4, -0.2) is 18.4 Å². The summed E-state index contributed by atoms with van der Waals surface area (Å²) in [6.45, 7) is -0.189. The Hall–Kier alpha value is -3.38.